The Balaban J connectivity index is 3.44. The van der Waals surface area contributed by atoms with Gasteiger partial charge in [0.2, 0.25) is 0 Å². The Morgan fingerprint density at radius 1 is 1.62 bits per heavy atom. The molecule has 0 saturated heterocycles. The third-order valence-corrected chi connectivity index (χ3v) is 1.76. The summed E-state index contributed by atoms with van der Waals surface area (Å²) in [6, 6.07) is 0. The lowest BCUT2D eigenvalue weighted by molar-refractivity contribution is -0.132. The summed E-state index contributed by atoms with van der Waals surface area (Å²) >= 11 is 0. The van der Waals surface area contributed by atoms with E-state index in [0.717, 1.165) is 6.42 Å². The monoisotopic (exact) mass is 187 g/mol. The number of carboxylic acid groups (broad SMARTS) is 1. The van der Waals surface area contributed by atoms with Crippen LogP contribution in [0.15, 0.2) is 12.2 Å². The van der Waals surface area contributed by atoms with E-state index in [-0.39, 0.29) is 12.2 Å². The van der Waals surface area contributed by atoms with Gasteiger partial charge in [-0.25, -0.2) is 4.79 Å². The van der Waals surface area contributed by atoms with Gasteiger partial charge in [-0.05, 0) is 18.9 Å². The molecular weight excluding hydrogens is 170 g/mol. The second-order valence-corrected chi connectivity index (χ2v) is 3.16. The van der Waals surface area contributed by atoms with Crippen LogP contribution in [-0.2, 0) is 4.79 Å². The van der Waals surface area contributed by atoms with E-state index in [4.69, 9.17) is 10.2 Å². The zero-order valence-corrected chi connectivity index (χ0v) is 7.92. The summed E-state index contributed by atoms with van der Waals surface area (Å²) in [4.78, 5) is 10.3. The molecule has 1 unspecified atom stereocenters. The van der Waals surface area contributed by atoms with E-state index < -0.39 is 5.97 Å². The lowest BCUT2D eigenvalue weighted by atomic mass is 10.1. The minimum atomic E-state index is -0.970. The third-order valence-electron chi connectivity index (χ3n) is 1.76. The van der Waals surface area contributed by atoms with Crippen molar-refractivity contribution in [2.45, 2.75) is 13.3 Å². The van der Waals surface area contributed by atoms with Gasteiger partial charge in [-0.1, -0.05) is 13.5 Å². The minimum Gasteiger partial charge on any atom is -0.478 e. The summed E-state index contributed by atoms with van der Waals surface area (Å²) < 4.78 is 0. The molecule has 0 amide bonds. The van der Waals surface area contributed by atoms with Gasteiger partial charge < -0.3 is 15.5 Å². The van der Waals surface area contributed by atoms with Gasteiger partial charge in [0.05, 0.1) is 0 Å². The normalized spacial score (nSPS) is 12.5. The molecule has 0 aromatic carbocycles. The maximum Gasteiger partial charge on any atom is 0.332 e. The zero-order valence-electron chi connectivity index (χ0n) is 7.92. The van der Waals surface area contributed by atoms with E-state index in [9.17, 15) is 4.79 Å². The molecule has 0 rings (SSSR count). The number of nitrogens with one attached hydrogen (secondary N) is 1. The molecule has 0 spiro atoms. The molecule has 1 atom stereocenters. The van der Waals surface area contributed by atoms with E-state index in [1.54, 1.807) is 0 Å². The molecule has 13 heavy (non-hydrogen) atoms. The van der Waals surface area contributed by atoms with E-state index in [0.29, 0.717) is 19.0 Å². The van der Waals surface area contributed by atoms with Crippen LogP contribution in [0.5, 0.6) is 0 Å². The summed E-state index contributed by atoms with van der Waals surface area (Å²) in [5, 5.41) is 20.0. The van der Waals surface area contributed by atoms with Crippen LogP contribution in [0.1, 0.15) is 13.3 Å². The molecular formula is C9H17NO3. The maximum atomic E-state index is 10.3. The molecule has 0 fully saturated rings. The average molecular weight is 187 g/mol. The molecule has 0 aliphatic rings. The van der Waals surface area contributed by atoms with Gasteiger partial charge in [0.15, 0.2) is 0 Å². The van der Waals surface area contributed by atoms with Gasteiger partial charge in [0, 0.05) is 18.7 Å². The van der Waals surface area contributed by atoms with Crippen molar-refractivity contribution in [1.82, 2.24) is 5.32 Å². The molecule has 0 aliphatic heterocycles. The van der Waals surface area contributed by atoms with E-state index in [2.05, 4.69) is 11.9 Å². The summed E-state index contributed by atoms with van der Waals surface area (Å²) in [6.07, 6.45) is 0.729. The van der Waals surface area contributed by atoms with Crippen molar-refractivity contribution in [1.29, 1.82) is 0 Å². The van der Waals surface area contributed by atoms with Gasteiger partial charge in [-0.2, -0.15) is 0 Å². The minimum absolute atomic E-state index is 0.163. The fourth-order valence-corrected chi connectivity index (χ4v) is 0.868. The fourth-order valence-electron chi connectivity index (χ4n) is 0.868. The number of aliphatic hydroxyl groups is 1. The molecule has 76 valence electrons. The summed E-state index contributed by atoms with van der Waals surface area (Å²) in [6.45, 7) is 6.55. The number of hydrogen-bond donors (Lipinski definition) is 3. The quantitative estimate of drug-likeness (QED) is 0.499. The highest BCUT2D eigenvalue weighted by molar-refractivity contribution is 5.86. The molecule has 3 N–H and O–H groups in total. The number of carboxylic acids is 1. The van der Waals surface area contributed by atoms with Crippen molar-refractivity contribution in [3.63, 3.8) is 0 Å². The Labute approximate surface area is 78.3 Å². The second-order valence-electron chi connectivity index (χ2n) is 3.16. The molecule has 0 saturated carbocycles. The van der Waals surface area contributed by atoms with Gasteiger partial charge in [-0.15, -0.1) is 0 Å². The van der Waals surface area contributed by atoms with Crippen molar-refractivity contribution in [2.75, 3.05) is 19.7 Å². The van der Waals surface area contributed by atoms with Crippen LogP contribution in [0.4, 0.5) is 0 Å². The SMILES string of the molecule is C=C(CNCC(C)CCO)C(=O)O. The van der Waals surface area contributed by atoms with Crippen molar-refractivity contribution in [3.8, 4) is 0 Å². The summed E-state index contributed by atoms with van der Waals surface area (Å²) in [7, 11) is 0. The standard InChI is InChI=1S/C9H17NO3/c1-7(3-4-11)5-10-6-8(2)9(12)13/h7,10-11H,2-6H2,1H3,(H,12,13). The highest BCUT2D eigenvalue weighted by atomic mass is 16.4. The molecule has 4 nitrogen and oxygen atoms in total. The van der Waals surface area contributed by atoms with Crippen LogP contribution in [0.2, 0.25) is 0 Å². The molecule has 0 aromatic heterocycles. The Morgan fingerprint density at radius 3 is 2.69 bits per heavy atom. The lowest BCUT2D eigenvalue weighted by Crippen LogP contribution is -2.25. The maximum absolute atomic E-state index is 10.3. The number of hydrogen-bond acceptors (Lipinski definition) is 3. The highest BCUT2D eigenvalue weighted by Crippen LogP contribution is 1.98. The number of aliphatic hydroxyl groups excluding tert-OH is 1. The van der Waals surface area contributed by atoms with Gasteiger partial charge >= 0.3 is 5.97 Å². The molecule has 4 heteroatoms. The first kappa shape index (κ1) is 12.1. The smallest absolute Gasteiger partial charge is 0.332 e. The molecule has 0 bridgehead atoms. The summed E-state index contributed by atoms with van der Waals surface area (Å²) in [5.41, 5.74) is 0.163. The van der Waals surface area contributed by atoms with Crippen LogP contribution in [0.25, 0.3) is 0 Å². The van der Waals surface area contributed by atoms with Crippen molar-refractivity contribution < 1.29 is 15.0 Å². The first-order valence-electron chi connectivity index (χ1n) is 4.30. The number of rotatable bonds is 7. The molecule has 0 aliphatic carbocycles. The van der Waals surface area contributed by atoms with Crippen LogP contribution in [0.3, 0.4) is 0 Å². The Kier molecular flexibility index (Phi) is 6.18. The first-order valence-corrected chi connectivity index (χ1v) is 4.30. The van der Waals surface area contributed by atoms with Crippen LogP contribution < -0.4 is 5.32 Å². The zero-order chi connectivity index (χ0) is 10.3. The van der Waals surface area contributed by atoms with Gasteiger partial charge in [-0.3, -0.25) is 0 Å². The van der Waals surface area contributed by atoms with Gasteiger partial charge in [0.25, 0.3) is 0 Å². The van der Waals surface area contributed by atoms with Crippen LogP contribution in [-0.4, -0.2) is 35.9 Å². The van der Waals surface area contributed by atoms with E-state index >= 15 is 0 Å². The van der Waals surface area contributed by atoms with Crippen molar-refractivity contribution in [2.24, 2.45) is 5.92 Å². The number of aliphatic carboxylic acids is 1. The predicted molar refractivity (Wildman–Crippen MR) is 50.5 cm³/mol. The highest BCUT2D eigenvalue weighted by Gasteiger charge is 2.04. The summed E-state index contributed by atoms with van der Waals surface area (Å²) in [5.74, 6) is -0.617. The molecule has 0 heterocycles. The van der Waals surface area contributed by atoms with Crippen molar-refractivity contribution in [3.05, 3.63) is 12.2 Å². The third kappa shape index (κ3) is 6.31. The predicted octanol–water partition coefficient (Wildman–Crippen LogP) is 0.235. The van der Waals surface area contributed by atoms with Crippen molar-refractivity contribution >= 4 is 5.97 Å². The fraction of sp³-hybridized carbons (Fsp3) is 0.667. The molecule has 0 radical (unpaired) electrons. The first-order chi connectivity index (χ1) is 6.07. The van der Waals surface area contributed by atoms with Crippen LogP contribution >= 0.6 is 0 Å². The average Bonchev–Trinajstić information content (AvgIpc) is 2.04. The largest absolute Gasteiger partial charge is 0.478 e. The Morgan fingerprint density at radius 2 is 2.23 bits per heavy atom. The Bertz CT molecular complexity index is 180. The van der Waals surface area contributed by atoms with Crippen LogP contribution in [0, 0.1) is 5.92 Å². The van der Waals surface area contributed by atoms with E-state index in [1.165, 1.54) is 0 Å². The second kappa shape index (κ2) is 6.62. The molecule has 0 aromatic rings. The van der Waals surface area contributed by atoms with E-state index in [1.807, 2.05) is 6.92 Å². The van der Waals surface area contributed by atoms with Gasteiger partial charge in [0.1, 0.15) is 0 Å². The lowest BCUT2D eigenvalue weighted by Gasteiger charge is -2.10. The number of carbonyl (C=O) groups is 1. The Hall–Kier alpha value is -0.870. The topological polar surface area (TPSA) is 69.6 Å².